The van der Waals surface area contributed by atoms with Crippen LogP contribution in [0.2, 0.25) is 0 Å². The SMILES string of the molecule is CC/C=C\C/C=C\C/C=C\CCCCCCCC(=O)C(O)(C(=O)CCCCCCC)C(O)C(O)C(=O)CCCCCCC. The molecule has 6 heteroatoms. The second-order valence-electron chi connectivity index (χ2n) is 11.9. The van der Waals surface area contributed by atoms with Crippen molar-refractivity contribution in [3.63, 3.8) is 0 Å². The number of rotatable bonds is 30. The van der Waals surface area contributed by atoms with Crippen LogP contribution in [0, 0.1) is 0 Å². The Bertz CT molecular complexity index is 814. The summed E-state index contributed by atoms with van der Waals surface area (Å²) >= 11 is 0. The van der Waals surface area contributed by atoms with Crippen LogP contribution in [0.15, 0.2) is 36.5 Å². The maximum absolute atomic E-state index is 13.2. The van der Waals surface area contributed by atoms with Crippen LogP contribution in [-0.4, -0.2) is 50.5 Å². The van der Waals surface area contributed by atoms with Crippen LogP contribution in [0.1, 0.15) is 162 Å². The van der Waals surface area contributed by atoms with Crippen LogP contribution in [0.3, 0.4) is 0 Å². The molecule has 3 N–H and O–H groups in total. The van der Waals surface area contributed by atoms with Gasteiger partial charge in [-0.3, -0.25) is 14.4 Å². The number of Topliss-reactive ketones (excluding diaryl/α,β-unsaturated/α-hetero) is 3. The van der Waals surface area contributed by atoms with Crippen LogP contribution in [-0.2, 0) is 14.4 Å². The van der Waals surface area contributed by atoms with Crippen molar-refractivity contribution in [1.29, 1.82) is 0 Å². The first kappa shape index (κ1) is 41.1. The van der Waals surface area contributed by atoms with E-state index in [1.54, 1.807) is 0 Å². The van der Waals surface area contributed by atoms with Crippen molar-refractivity contribution >= 4 is 17.3 Å². The number of hydrogen-bond donors (Lipinski definition) is 3. The Balaban J connectivity index is 4.81. The Kier molecular flexibility index (Phi) is 26.4. The molecule has 0 saturated heterocycles. The van der Waals surface area contributed by atoms with E-state index in [0.29, 0.717) is 19.3 Å². The molecule has 0 spiro atoms. The number of aliphatic hydroxyl groups excluding tert-OH is 2. The van der Waals surface area contributed by atoms with Gasteiger partial charge in [0.15, 0.2) is 17.3 Å². The molecule has 0 aliphatic rings. The number of unbranched alkanes of at least 4 members (excludes halogenated alkanes) is 13. The number of aliphatic hydroxyl groups is 3. The number of carbonyl (C=O) groups excluding carboxylic acids is 3. The number of ketones is 3. The van der Waals surface area contributed by atoms with Crippen molar-refractivity contribution in [3.05, 3.63) is 36.5 Å². The van der Waals surface area contributed by atoms with Crippen molar-refractivity contribution in [2.45, 2.75) is 180 Å². The van der Waals surface area contributed by atoms with Gasteiger partial charge < -0.3 is 15.3 Å². The molecule has 43 heavy (non-hydrogen) atoms. The lowest BCUT2D eigenvalue weighted by Crippen LogP contribution is -2.61. The lowest BCUT2D eigenvalue weighted by molar-refractivity contribution is -0.174. The summed E-state index contributed by atoms with van der Waals surface area (Å²) < 4.78 is 0. The van der Waals surface area contributed by atoms with Gasteiger partial charge in [-0.05, 0) is 51.4 Å². The summed E-state index contributed by atoms with van der Waals surface area (Å²) in [4.78, 5) is 38.9. The fourth-order valence-corrected chi connectivity index (χ4v) is 5.12. The minimum Gasteiger partial charge on any atom is -0.386 e. The van der Waals surface area contributed by atoms with Crippen molar-refractivity contribution in [1.82, 2.24) is 0 Å². The van der Waals surface area contributed by atoms with Gasteiger partial charge in [-0.15, -0.1) is 0 Å². The number of carbonyl (C=O) groups is 3. The van der Waals surface area contributed by atoms with Gasteiger partial charge in [0.05, 0.1) is 0 Å². The van der Waals surface area contributed by atoms with Crippen LogP contribution in [0.4, 0.5) is 0 Å². The normalized spacial score (nSPS) is 14.9. The first-order chi connectivity index (χ1) is 20.8. The molecule has 0 fully saturated rings. The molecule has 0 aliphatic heterocycles. The lowest BCUT2D eigenvalue weighted by Gasteiger charge is -2.32. The number of allylic oxidation sites excluding steroid dienone is 6. The molecule has 0 saturated carbocycles. The lowest BCUT2D eigenvalue weighted by atomic mass is 9.79. The Labute approximate surface area is 263 Å². The average Bonchev–Trinajstić information content (AvgIpc) is 3.01. The highest BCUT2D eigenvalue weighted by Crippen LogP contribution is 2.25. The summed E-state index contributed by atoms with van der Waals surface area (Å²) in [5.74, 6) is -2.23. The second kappa shape index (κ2) is 27.6. The molecule has 0 amide bonds. The molecule has 248 valence electrons. The van der Waals surface area contributed by atoms with Crippen LogP contribution < -0.4 is 0 Å². The third kappa shape index (κ3) is 19.2. The van der Waals surface area contributed by atoms with Gasteiger partial charge in [0, 0.05) is 19.3 Å². The predicted molar refractivity (Wildman–Crippen MR) is 178 cm³/mol. The highest BCUT2D eigenvalue weighted by Gasteiger charge is 2.52. The van der Waals surface area contributed by atoms with E-state index in [1.807, 2.05) is 0 Å². The maximum Gasteiger partial charge on any atom is 0.210 e. The predicted octanol–water partition coefficient (Wildman–Crippen LogP) is 8.46. The Morgan fingerprint density at radius 1 is 0.558 bits per heavy atom. The van der Waals surface area contributed by atoms with Gasteiger partial charge in [0.1, 0.15) is 12.2 Å². The van der Waals surface area contributed by atoms with Crippen molar-refractivity contribution < 1.29 is 29.7 Å². The molecule has 0 heterocycles. The van der Waals surface area contributed by atoms with E-state index in [4.69, 9.17) is 0 Å². The van der Waals surface area contributed by atoms with Gasteiger partial charge >= 0.3 is 0 Å². The van der Waals surface area contributed by atoms with E-state index >= 15 is 0 Å². The minimum absolute atomic E-state index is 0.0416. The molecule has 0 radical (unpaired) electrons. The standard InChI is InChI=1S/C37H64O6/c1-4-7-10-13-14-15-16-17-18-19-20-21-22-25-28-31-34(40)37(43,33(39)30-27-24-12-9-6-3)36(42)35(41)32(38)29-26-23-11-8-5-2/h7,10,14-15,17-18,35-36,41-43H,4-6,8-9,11-13,16,19-31H2,1-3H3/b10-7-,15-14-,18-17-. The van der Waals surface area contributed by atoms with Gasteiger partial charge in [-0.2, -0.15) is 0 Å². The Morgan fingerprint density at radius 3 is 1.49 bits per heavy atom. The smallest absolute Gasteiger partial charge is 0.210 e. The summed E-state index contributed by atoms with van der Waals surface area (Å²) in [5, 5.41) is 32.8. The fraction of sp³-hybridized carbons (Fsp3) is 0.757. The zero-order valence-corrected chi connectivity index (χ0v) is 27.7. The monoisotopic (exact) mass is 604 g/mol. The quantitative estimate of drug-likeness (QED) is 0.0431. The zero-order valence-electron chi connectivity index (χ0n) is 27.7. The minimum atomic E-state index is -2.76. The van der Waals surface area contributed by atoms with Gasteiger partial charge in [0.25, 0.3) is 0 Å². The van der Waals surface area contributed by atoms with Gasteiger partial charge in [-0.25, -0.2) is 0 Å². The highest BCUT2D eigenvalue weighted by atomic mass is 16.4. The average molecular weight is 605 g/mol. The molecule has 0 aromatic carbocycles. The van der Waals surface area contributed by atoms with E-state index in [-0.39, 0.29) is 19.3 Å². The highest BCUT2D eigenvalue weighted by molar-refractivity contribution is 6.11. The van der Waals surface area contributed by atoms with E-state index in [1.165, 1.54) is 0 Å². The first-order valence-electron chi connectivity index (χ1n) is 17.4. The third-order valence-corrected chi connectivity index (χ3v) is 8.00. The molecule has 0 bridgehead atoms. The Morgan fingerprint density at radius 2 is 0.977 bits per heavy atom. The largest absolute Gasteiger partial charge is 0.386 e. The van der Waals surface area contributed by atoms with Crippen LogP contribution in [0.5, 0.6) is 0 Å². The molecular weight excluding hydrogens is 540 g/mol. The molecule has 3 atom stereocenters. The molecule has 6 nitrogen and oxygen atoms in total. The summed E-state index contributed by atoms with van der Waals surface area (Å²) in [6.07, 6.45) is 25.9. The maximum atomic E-state index is 13.2. The molecule has 0 aromatic heterocycles. The van der Waals surface area contributed by atoms with Crippen LogP contribution >= 0.6 is 0 Å². The Hall–Kier alpha value is -1.89. The first-order valence-corrected chi connectivity index (χ1v) is 17.4. The molecule has 0 aromatic rings. The zero-order chi connectivity index (χ0) is 32.2. The molecule has 0 aliphatic carbocycles. The van der Waals surface area contributed by atoms with E-state index < -0.39 is 35.2 Å². The second-order valence-corrected chi connectivity index (χ2v) is 11.9. The van der Waals surface area contributed by atoms with E-state index in [0.717, 1.165) is 103 Å². The van der Waals surface area contributed by atoms with Crippen molar-refractivity contribution in [2.24, 2.45) is 0 Å². The third-order valence-electron chi connectivity index (χ3n) is 8.00. The van der Waals surface area contributed by atoms with E-state index in [9.17, 15) is 29.7 Å². The van der Waals surface area contributed by atoms with Gasteiger partial charge in [0.2, 0.25) is 5.60 Å². The fourth-order valence-electron chi connectivity index (χ4n) is 5.12. The summed E-state index contributed by atoms with van der Waals surface area (Å²) in [5.41, 5.74) is -2.76. The molecular formula is C37H64O6. The van der Waals surface area contributed by atoms with Crippen LogP contribution in [0.25, 0.3) is 0 Å². The molecule has 3 unspecified atom stereocenters. The summed E-state index contributed by atoms with van der Waals surface area (Å²) in [6.45, 7) is 6.31. The van der Waals surface area contributed by atoms with Crippen molar-refractivity contribution in [3.8, 4) is 0 Å². The van der Waals surface area contributed by atoms with Gasteiger partial charge in [-0.1, -0.05) is 128 Å². The topological polar surface area (TPSA) is 112 Å². The molecule has 0 rings (SSSR count). The van der Waals surface area contributed by atoms with Crippen molar-refractivity contribution in [2.75, 3.05) is 0 Å². The number of hydrogen-bond acceptors (Lipinski definition) is 6. The summed E-state index contributed by atoms with van der Waals surface area (Å²) in [7, 11) is 0. The summed E-state index contributed by atoms with van der Waals surface area (Å²) in [6, 6.07) is 0. The van der Waals surface area contributed by atoms with E-state index in [2.05, 4.69) is 57.2 Å².